The highest BCUT2D eigenvalue weighted by Crippen LogP contribution is 2.31. The number of anilines is 1. The molecule has 3 aromatic heterocycles. The zero-order chi connectivity index (χ0) is 22.7. The van der Waals surface area contributed by atoms with Crippen LogP contribution >= 0.6 is 23.5 Å². The number of H-pyrrole nitrogens is 1. The third kappa shape index (κ3) is 5.33. The van der Waals surface area contributed by atoms with E-state index in [-0.39, 0.29) is 10.6 Å². The van der Waals surface area contributed by atoms with E-state index in [2.05, 4.69) is 35.6 Å². The van der Waals surface area contributed by atoms with Crippen LogP contribution in [0.5, 0.6) is 0 Å². The highest BCUT2D eigenvalue weighted by Gasteiger charge is 2.19. The maximum atomic E-state index is 13.0. The average Bonchev–Trinajstić information content (AvgIpc) is 3.40. The van der Waals surface area contributed by atoms with Gasteiger partial charge in [-0.1, -0.05) is 11.8 Å². The molecule has 2 N–H and O–H groups in total. The molecule has 14 heteroatoms. The molecule has 4 rings (SSSR count). The molecule has 1 aromatic carbocycles. The van der Waals surface area contributed by atoms with Crippen LogP contribution in [0.1, 0.15) is 10.5 Å². The molecular formula is C18H16N8O3S3. The first-order chi connectivity index (χ1) is 15.3. The number of nitrogens with one attached hydrogen (secondary N) is 2. The van der Waals surface area contributed by atoms with E-state index in [9.17, 15) is 13.2 Å². The van der Waals surface area contributed by atoms with Crippen LogP contribution in [0, 0.1) is 0 Å². The van der Waals surface area contributed by atoms with Gasteiger partial charge in [-0.2, -0.15) is 10.2 Å². The minimum Gasteiger partial charge on any atom is -0.304 e. The van der Waals surface area contributed by atoms with Crippen molar-refractivity contribution in [3.63, 3.8) is 0 Å². The van der Waals surface area contributed by atoms with Crippen LogP contribution in [-0.4, -0.2) is 55.5 Å². The Morgan fingerprint density at radius 3 is 2.53 bits per heavy atom. The van der Waals surface area contributed by atoms with Gasteiger partial charge in [-0.25, -0.2) is 23.4 Å². The third-order valence-corrected chi connectivity index (χ3v) is 6.87. The van der Waals surface area contributed by atoms with Crippen LogP contribution in [0.3, 0.4) is 0 Å². The Kier molecular flexibility index (Phi) is 6.25. The van der Waals surface area contributed by atoms with Crippen LogP contribution in [0.2, 0.25) is 0 Å². The maximum Gasteiger partial charge on any atom is 0.278 e. The van der Waals surface area contributed by atoms with Crippen molar-refractivity contribution < 1.29 is 13.2 Å². The molecule has 32 heavy (non-hydrogen) atoms. The molecule has 0 aliphatic rings. The van der Waals surface area contributed by atoms with Crippen molar-refractivity contribution in [2.24, 2.45) is 7.05 Å². The molecule has 0 saturated carbocycles. The molecule has 164 valence electrons. The number of carbonyl (C=O) groups is 1. The van der Waals surface area contributed by atoms with E-state index >= 15 is 0 Å². The van der Waals surface area contributed by atoms with Gasteiger partial charge in [0, 0.05) is 30.5 Å². The summed E-state index contributed by atoms with van der Waals surface area (Å²) in [5.74, 6) is -0.104. The van der Waals surface area contributed by atoms with Gasteiger partial charge >= 0.3 is 0 Å². The van der Waals surface area contributed by atoms with Crippen molar-refractivity contribution in [3.05, 3.63) is 54.7 Å². The molecule has 0 bridgehead atoms. The molecule has 0 saturated heterocycles. The topological polar surface area (TPSA) is 148 Å². The van der Waals surface area contributed by atoms with Crippen LogP contribution in [0.15, 0.2) is 74.1 Å². The molecule has 11 nitrogen and oxygen atoms in total. The number of sulfone groups is 1. The van der Waals surface area contributed by atoms with E-state index in [0.717, 1.165) is 6.26 Å². The van der Waals surface area contributed by atoms with E-state index in [1.165, 1.54) is 48.2 Å². The highest BCUT2D eigenvalue weighted by molar-refractivity contribution is 7.99. The highest BCUT2D eigenvalue weighted by atomic mass is 32.2. The number of aromatic amines is 1. The third-order valence-electron chi connectivity index (χ3n) is 3.95. The summed E-state index contributed by atoms with van der Waals surface area (Å²) in [6.07, 6.45) is 5.74. The number of hydrogen-bond donors (Lipinski definition) is 2. The number of nitrogens with zero attached hydrogens (tertiary/aromatic N) is 6. The fourth-order valence-corrected chi connectivity index (χ4v) is 4.60. The SMILES string of the molecule is Cn1ccc(NC(=O)c2nc(Sc3ncn[nH]3)cnc2Sc2ccc(S(C)(=O)=O)cc2)n1. The fraction of sp³-hybridized carbons (Fsp3) is 0.111. The first-order valence-electron chi connectivity index (χ1n) is 8.97. The minimum absolute atomic E-state index is 0.0948. The number of benzene rings is 1. The molecule has 0 spiro atoms. The Morgan fingerprint density at radius 1 is 1.12 bits per heavy atom. The summed E-state index contributed by atoms with van der Waals surface area (Å²) in [6.45, 7) is 0. The van der Waals surface area contributed by atoms with Crippen molar-refractivity contribution in [2.75, 3.05) is 11.6 Å². The van der Waals surface area contributed by atoms with Crippen molar-refractivity contribution in [1.82, 2.24) is 34.9 Å². The molecular weight excluding hydrogens is 472 g/mol. The Balaban J connectivity index is 1.64. The van der Waals surface area contributed by atoms with E-state index in [1.807, 2.05) is 0 Å². The van der Waals surface area contributed by atoms with Crippen molar-refractivity contribution >= 4 is 45.1 Å². The Hall–Kier alpha value is -3.23. The zero-order valence-electron chi connectivity index (χ0n) is 16.8. The second kappa shape index (κ2) is 9.10. The molecule has 0 radical (unpaired) electrons. The molecule has 1 amide bonds. The predicted octanol–water partition coefficient (Wildman–Crippen LogP) is 2.29. The summed E-state index contributed by atoms with van der Waals surface area (Å²) in [5.41, 5.74) is 0.0948. The normalized spacial score (nSPS) is 11.4. The number of carbonyl (C=O) groups excluding carboxylic acids is 1. The second-order valence-corrected chi connectivity index (χ2v) is 10.5. The van der Waals surface area contributed by atoms with Gasteiger partial charge in [-0.3, -0.25) is 14.6 Å². The van der Waals surface area contributed by atoms with E-state index < -0.39 is 15.7 Å². The Morgan fingerprint density at radius 2 is 1.91 bits per heavy atom. The molecule has 0 fully saturated rings. The van der Waals surface area contributed by atoms with Crippen molar-refractivity contribution in [2.45, 2.75) is 25.0 Å². The van der Waals surface area contributed by atoms with E-state index in [1.54, 1.807) is 36.1 Å². The average molecular weight is 489 g/mol. The first kappa shape index (κ1) is 22.0. The zero-order valence-corrected chi connectivity index (χ0v) is 19.2. The molecule has 0 aliphatic heterocycles. The first-order valence-corrected chi connectivity index (χ1v) is 12.5. The lowest BCUT2D eigenvalue weighted by Crippen LogP contribution is -2.16. The number of hydrogen-bond acceptors (Lipinski definition) is 10. The van der Waals surface area contributed by atoms with Crippen LogP contribution in [0.4, 0.5) is 5.82 Å². The van der Waals surface area contributed by atoms with Gasteiger partial charge in [0.05, 0.1) is 11.1 Å². The van der Waals surface area contributed by atoms with Crippen molar-refractivity contribution in [3.8, 4) is 0 Å². The van der Waals surface area contributed by atoms with Gasteiger partial charge in [0.1, 0.15) is 16.4 Å². The van der Waals surface area contributed by atoms with Gasteiger partial charge in [0.2, 0.25) is 0 Å². The standard InChI is InChI=1S/C18H16N8O3S3/c1-26-8-7-13(25-26)22-16(27)15-17(19-9-14(23-15)31-18-20-10-21-24-18)30-11-3-5-12(6-4-11)32(2,28)29/h3-10H,1-2H3,(H,20,21,24)(H,22,25,27). The monoisotopic (exact) mass is 488 g/mol. The number of aryl methyl sites for hydroxylation is 1. The van der Waals surface area contributed by atoms with Crippen molar-refractivity contribution in [1.29, 1.82) is 0 Å². The minimum atomic E-state index is -3.30. The second-order valence-electron chi connectivity index (χ2n) is 6.43. The lowest BCUT2D eigenvalue weighted by molar-refractivity contribution is 0.101. The summed E-state index contributed by atoms with van der Waals surface area (Å²) < 4.78 is 24.9. The van der Waals surface area contributed by atoms with Gasteiger partial charge in [0.15, 0.2) is 26.5 Å². The van der Waals surface area contributed by atoms with Crippen LogP contribution in [0.25, 0.3) is 0 Å². The molecule has 3 heterocycles. The molecule has 0 aliphatic carbocycles. The lowest BCUT2D eigenvalue weighted by atomic mass is 10.4. The Bertz CT molecular complexity index is 1350. The number of rotatable bonds is 7. The quantitative estimate of drug-likeness (QED) is 0.397. The number of aromatic nitrogens is 7. The fourth-order valence-electron chi connectivity index (χ4n) is 2.50. The van der Waals surface area contributed by atoms with Gasteiger partial charge in [-0.05, 0) is 36.0 Å². The largest absolute Gasteiger partial charge is 0.304 e. The summed E-state index contributed by atoms with van der Waals surface area (Å²) in [5, 5.41) is 14.7. The predicted molar refractivity (Wildman–Crippen MR) is 117 cm³/mol. The van der Waals surface area contributed by atoms with Gasteiger partial charge in [0.25, 0.3) is 5.91 Å². The van der Waals surface area contributed by atoms with E-state index in [0.29, 0.717) is 25.9 Å². The van der Waals surface area contributed by atoms with Crippen LogP contribution in [-0.2, 0) is 16.9 Å². The van der Waals surface area contributed by atoms with Gasteiger partial charge < -0.3 is 5.32 Å². The summed E-state index contributed by atoms with van der Waals surface area (Å²) in [6, 6.07) is 7.98. The maximum absolute atomic E-state index is 13.0. The molecule has 0 unspecified atom stereocenters. The smallest absolute Gasteiger partial charge is 0.278 e. The summed E-state index contributed by atoms with van der Waals surface area (Å²) >= 11 is 2.37. The summed E-state index contributed by atoms with van der Waals surface area (Å²) in [4.78, 5) is 26.8. The number of amides is 1. The lowest BCUT2D eigenvalue weighted by Gasteiger charge is -2.09. The van der Waals surface area contributed by atoms with E-state index in [4.69, 9.17) is 0 Å². The Labute approximate surface area is 191 Å². The summed E-state index contributed by atoms with van der Waals surface area (Å²) in [7, 11) is -1.56. The van der Waals surface area contributed by atoms with Gasteiger partial charge in [-0.15, -0.1) is 0 Å². The molecule has 0 atom stereocenters. The van der Waals surface area contributed by atoms with Crippen LogP contribution < -0.4 is 5.32 Å². The molecule has 4 aromatic rings.